The molecular weight excluding hydrogens is 385 g/mol. The zero-order valence-corrected chi connectivity index (χ0v) is 17.7. The monoisotopic (exact) mass is 413 g/mol. The highest BCUT2D eigenvalue weighted by molar-refractivity contribution is 6.05. The van der Waals surface area contributed by atoms with Gasteiger partial charge < -0.3 is 9.84 Å². The fraction of sp³-hybridized carbons (Fsp3) is 0.500. The maximum atomic E-state index is 13.6. The largest absolute Gasteiger partial charge is 0.505 e. The summed E-state index contributed by atoms with van der Waals surface area (Å²) < 4.78 is 19.7. The van der Waals surface area contributed by atoms with Crippen LogP contribution >= 0.6 is 0 Å². The van der Waals surface area contributed by atoms with Crippen molar-refractivity contribution in [2.75, 3.05) is 13.7 Å². The van der Waals surface area contributed by atoms with Crippen molar-refractivity contribution in [3.05, 3.63) is 46.3 Å². The van der Waals surface area contributed by atoms with E-state index in [0.29, 0.717) is 18.6 Å². The molecule has 5 nitrogen and oxygen atoms in total. The number of likely N-dealkylation sites (tertiary alicyclic amines) is 1. The van der Waals surface area contributed by atoms with Crippen molar-refractivity contribution >= 4 is 17.9 Å². The number of phenols is 1. The van der Waals surface area contributed by atoms with Gasteiger partial charge in [-0.25, -0.2) is 4.39 Å². The Morgan fingerprint density at radius 3 is 2.77 bits per heavy atom. The van der Waals surface area contributed by atoms with Gasteiger partial charge in [0.1, 0.15) is 0 Å². The third-order valence-corrected chi connectivity index (χ3v) is 6.84. The van der Waals surface area contributed by atoms with E-state index in [-0.39, 0.29) is 41.4 Å². The van der Waals surface area contributed by atoms with Crippen LogP contribution in [-0.4, -0.2) is 41.6 Å². The predicted octanol–water partition coefficient (Wildman–Crippen LogP) is 4.07. The molecule has 0 spiro atoms. The van der Waals surface area contributed by atoms with Gasteiger partial charge in [0.05, 0.1) is 24.5 Å². The van der Waals surface area contributed by atoms with Crippen molar-refractivity contribution in [2.24, 2.45) is 17.8 Å². The van der Waals surface area contributed by atoms with Crippen molar-refractivity contribution in [1.29, 1.82) is 0 Å². The van der Waals surface area contributed by atoms with Crippen molar-refractivity contribution in [2.45, 2.75) is 45.6 Å². The lowest BCUT2D eigenvalue weighted by Crippen LogP contribution is -2.33. The SMILES string of the molecule is CCC1=C2[C@@H](CC/C(C)=C/c3ccc(O)c(F)c3)OC[C@@H]2[C@@H]2C(=O)N(C)C(=O)[C@@H]2C1. The molecule has 30 heavy (non-hydrogen) atoms. The highest BCUT2D eigenvalue weighted by Crippen LogP contribution is 2.50. The van der Waals surface area contributed by atoms with E-state index in [1.807, 2.05) is 13.0 Å². The number of benzene rings is 1. The van der Waals surface area contributed by atoms with Crippen LogP contribution in [0.5, 0.6) is 5.75 Å². The van der Waals surface area contributed by atoms with Crippen molar-refractivity contribution in [3.63, 3.8) is 0 Å². The third-order valence-electron chi connectivity index (χ3n) is 6.84. The minimum atomic E-state index is -0.631. The van der Waals surface area contributed by atoms with Crippen LogP contribution in [0.25, 0.3) is 6.08 Å². The van der Waals surface area contributed by atoms with E-state index < -0.39 is 5.82 Å². The predicted molar refractivity (Wildman–Crippen MR) is 111 cm³/mol. The van der Waals surface area contributed by atoms with E-state index in [0.717, 1.165) is 24.8 Å². The Bertz CT molecular complexity index is 951. The van der Waals surface area contributed by atoms with E-state index in [2.05, 4.69) is 6.92 Å². The van der Waals surface area contributed by atoms with E-state index in [1.54, 1.807) is 13.1 Å². The fourth-order valence-electron chi connectivity index (χ4n) is 5.30. The molecule has 160 valence electrons. The highest BCUT2D eigenvalue weighted by atomic mass is 19.1. The topological polar surface area (TPSA) is 66.8 Å². The Morgan fingerprint density at radius 1 is 1.30 bits per heavy atom. The number of imide groups is 1. The van der Waals surface area contributed by atoms with Gasteiger partial charge in [-0.1, -0.05) is 30.2 Å². The number of carbonyl (C=O) groups is 2. The molecule has 1 aliphatic carbocycles. The second kappa shape index (κ2) is 7.99. The van der Waals surface area contributed by atoms with Gasteiger partial charge in [0.2, 0.25) is 11.8 Å². The summed E-state index contributed by atoms with van der Waals surface area (Å²) in [4.78, 5) is 26.5. The van der Waals surface area contributed by atoms with Gasteiger partial charge in [0.15, 0.2) is 11.6 Å². The number of aromatic hydroxyl groups is 1. The second-order valence-electron chi connectivity index (χ2n) is 8.65. The summed E-state index contributed by atoms with van der Waals surface area (Å²) in [5.74, 6) is -1.63. The standard InChI is InChI=1S/C24H28FNO4/c1-4-15-11-16-22(24(29)26(3)23(16)28)17-12-30-20(21(15)17)8-5-13(2)9-14-6-7-19(27)18(25)10-14/h6-7,9-10,16-17,20,22,27H,4-5,8,11-12H2,1-3H3/b13-9+/t16-,17+,20-,22-/m1/s1. The fourth-order valence-corrected chi connectivity index (χ4v) is 5.30. The minimum Gasteiger partial charge on any atom is -0.505 e. The first kappa shape index (κ1) is 20.8. The number of phenolic OH excluding ortho intramolecular Hbond substituents is 1. The molecule has 0 bridgehead atoms. The lowest BCUT2D eigenvalue weighted by molar-refractivity contribution is -0.138. The van der Waals surface area contributed by atoms with Crippen LogP contribution in [0.1, 0.15) is 45.1 Å². The lowest BCUT2D eigenvalue weighted by Gasteiger charge is -2.31. The molecule has 4 atom stereocenters. The first-order chi connectivity index (χ1) is 14.3. The first-order valence-corrected chi connectivity index (χ1v) is 10.6. The van der Waals surface area contributed by atoms with Gasteiger partial charge in [0, 0.05) is 13.0 Å². The molecule has 3 aliphatic rings. The molecule has 2 saturated heterocycles. The van der Waals surface area contributed by atoms with Crippen LogP contribution in [0, 0.1) is 23.6 Å². The number of hydrogen-bond donors (Lipinski definition) is 1. The number of carbonyl (C=O) groups excluding carboxylic acids is 2. The van der Waals surface area contributed by atoms with Gasteiger partial charge in [-0.2, -0.15) is 0 Å². The van der Waals surface area contributed by atoms with Gasteiger partial charge >= 0.3 is 0 Å². The molecule has 0 unspecified atom stereocenters. The molecule has 0 saturated carbocycles. The number of allylic oxidation sites excluding steroid dienone is 2. The normalized spacial score (nSPS) is 28.9. The summed E-state index contributed by atoms with van der Waals surface area (Å²) in [6, 6.07) is 4.36. The van der Waals surface area contributed by atoms with Gasteiger partial charge in [-0.15, -0.1) is 0 Å². The van der Waals surface area contributed by atoms with E-state index in [1.165, 1.54) is 28.2 Å². The number of hydrogen-bond acceptors (Lipinski definition) is 4. The summed E-state index contributed by atoms with van der Waals surface area (Å²) in [7, 11) is 1.59. The summed E-state index contributed by atoms with van der Waals surface area (Å²) >= 11 is 0. The summed E-state index contributed by atoms with van der Waals surface area (Å²) in [6.45, 7) is 4.59. The molecular formula is C24H28FNO4. The van der Waals surface area contributed by atoms with Crippen LogP contribution in [0.4, 0.5) is 4.39 Å². The highest BCUT2D eigenvalue weighted by Gasteiger charge is 2.55. The maximum absolute atomic E-state index is 13.6. The molecule has 1 aromatic rings. The first-order valence-electron chi connectivity index (χ1n) is 10.6. The Morgan fingerprint density at radius 2 is 2.07 bits per heavy atom. The number of amides is 2. The Hall–Kier alpha value is -2.47. The summed E-state index contributed by atoms with van der Waals surface area (Å²) in [5.41, 5.74) is 4.30. The Labute approximate surface area is 176 Å². The summed E-state index contributed by atoms with van der Waals surface area (Å²) in [5, 5.41) is 9.33. The zero-order chi connectivity index (χ0) is 21.6. The number of nitrogens with zero attached hydrogens (tertiary/aromatic N) is 1. The average molecular weight is 413 g/mol. The number of fused-ring (bicyclic) bond motifs is 3. The molecule has 1 aromatic carbocycles. The van der Waals surface area contributed by atoms with Gasteiger partial charge in [-0.05, 0) is 55.9 Å². The molecule has 1 N–H and O–H groups in total. The third kappa shape index (κ3) is 3.47. The van der Waals surface area contributed by atoms with Crippen LogP contribution in [-0.2, 0) is 14.3 Å². The van der Waals surface area contributed by atoms with Gasteiger partial charge in [0.25, 0.3) is 0 Å². The smallest absolute Gasteiger partial charge is 0.233 e. The molecule has 4 rings (SSSR count). The summed E-state index contributed by atoms with van der Waals surface area (Å²) in [6.07, 6.45) is 4.95. The van der Waals surface area contributed by atoms with Crippen molar-refractivity contribution in [1.82, 2.24) is 4.90 Å². The molecule has 2 aliphatic heterocycles. The quantitative estimate of drug-likeness (QED) is 0.584. The minimum absolute atomic E-state index is 0.000537. The molecule has 0 radical (unpaired) electrons. The average Bonchev–Trinajstić information content (AvgIpc) is 3.24. The lowest BCUT2D eigenvalue weighted by atomic mass is 9.69. The van der Waals surface area contributed by atoms with E-state index >= 15 is 0 Å². The number of ether oxygens (including phenoxy) is 1. The second-order valence-corrected chi connectivity index (χ2v) is 8.65. The zero-order valence-electron chi connectivity index (χ0n) is 17.7. The van der Waals surface area contributed by atoms with E-state index in [9.17, 15) is 19.1 Å². The van der Waals surface area contributed by atoms with Crippen LogP contribution in [0.15, 0.2) is 34.9 Å². The Balaban J connectivity index is 1.50. The molecule has 0 aromatic heterocycles. The maximum Gasteiger partial charge on any atom is 0.233 e. The van der Waals surface area contributed by atoms with Crippen molar-refractivity contribution in [3.8, 4) is 5.75 Å². The van der Waals surface area contributed by atoms with Crippen LogP contribution in [0.3, 0.4) is 0 Å². The molecule has 2 heterocycles. The van der Waals surface area contributed by atoms with Crippen LogP contribution in [0.2, 0.25) is 0 Å². The molecule has 2 fully saturated rings. The van der Waals surface area contributed by atoms with Crippen molar-refractivity contribution < 1.29 is 23.8 Å². The van der Waals surface area contributed by atoms with Gasteiger partial charge in [-0.3, -0.25) is 14.5 Å². The number of rotatable bonds is 5. The van der Waals surface area contributed by atoms with Crippen LogP contribution < -0.4 is 0 Å². The molecule has 6 heteroatoms. The number of halogens is 1. The van der Waals surface area contributed by atoms with E-state index in [4.69, 9.17) is 4.74 Å². The Kier molecular flexibility index (Phi) is 5.53. The molecule has 2 amide bonds.